The van der Waals surface area contributed by atoms with E-state index in [1.807, 2.05) is 30.5 Å². The molecule has 0 spiro atoms. The molecule has 1 aromatic heterocycles. The van der Waals surface area contributed by atoms with Gasteiger partial charge in [0, 0.05) is 17.3 Å². The highest BCUT2D eigenvalue weighted by Gasteiger charge is 2.13. The van der Waals surface area contributed by atoms with Crippen molar-refractivity contribution in [1.82, 2.24) is 4.98 Å². The molecule has 0 saturated heterocycles. The summed E-state index contributed by atoms with van der Waals surface area (Å²) in [7, 11) is 1.71. The van der Waals surface area contributed by atoms with E-state index in [4.69, 9.17) is 4.74 Å². The van der Waals surface area contributed by atoms with Crippen molar-refractivity contribution in [2.24, 2.45) is 0 Å². The first-order chi connectivity index (χ1) is 10.7. The maximum atomic E-state index is 5.56. The lowest BCUT2D eigenvalue weighted by Crippen LogP contribution is -1.93. The van der Waals surface area contributed by atoms with Gasteiger partial charge < -0.3 is 4.74 Å². The first-order valence-corrected chi connectivity index (χ1v) is 7.36. The Morgan fingerprint density at radius 3 is 2.18 bits per heavy atom. The third-order valence-corrected chi connectivity index (χ3v) is 3.76. The van der Waals surface area contributed by atoms with Gasteiger partial charge in [-0.2, -0.15) is 0 Å². The van der Waals surface area contributed by atoms with E-state index < -0.39 is 0 Å². The first kappa shape index (κ1) is 14.3. The van der Waals surface area contributed by atoms with Crippen LogP contribution in [0.2, 0.25) is 0 Å². The summed E-state index contributed by atoms with van der Waals surface area (Å²) in [6.07, 6.45) is 1.83. The van der Waals surface area contributed by atoms with Crippen molar-refractivity contribution in [3.8, 4) is 28.1 Å². The topological polar surface area (TPSA) is 22.1 Å². The van der Waals surface area contributed by atoms with Crippen molar-refractivity contribution in [2.75, 3.05) is 7.11 Å². The fourth-order valence-electron chi connectivity index (χ4n) is 2.66. The van der Waals surface area contributed by atoms with E-state index in [0.717, 1.165) is 28.1 Å². The Kier molecular flexibility index (Phi) is 3.92. The van der Waals surface area contributed by atoms with Crippen LogP contribution in [0.3, 0.4) is 0 Å². The molecule has 0 aliphatic heterocycles. The number of ether oxygens (including phenoxy) is 1. The summed E-state index contributed by atoms with van der Waals surface area (Å²) in [5, 5.41) is 0. The minimum Gasteiger partial charge on any atom is -0.496 e. The molecule has 0 radical (unpaired) electrons. The maximum absolute atomic E-state index is 5.56. The van der Waals surface area contributed by atoms with Gasteiger partial charge in [-0.05, 0) is 49.7 Å². The molecule has 1 heterocycles. The number of rotatable bonds is 3. The van der Waals surface area contributed by atoms with Crippen molar-refractivity contribution in [3.05, 3.63) is 71.9 Å². The molecule has 3 rings (SSSR count). The fourth-order valence-corrected chi connectivity index (χ4v) is 2.66. The van der Waals surface area contributed by atoms with E-state index in [1.165, 1.54) is 11.1 Å². The van der Waals surface area contributed by atoms with Crippen LogP contribution in [0.4, 0.5) is 0 Å². The molecule has 0 atom stereocenters. The van der Waals surface area contributed by atoms with Crippen molar-refractivity contribution < 1.29 is 4.74 Å². The Bertz CT molecular complexity index is 794. The number of aryl methyl sites for hydroxylation is 2. The number of aromatic nitrogens is 1. The number of methoxy groups -OCH3 is 1. The summed E-state index contributed by atoms with van der Waals surface area (Å²) in [6, 6.07) is 18.7. The van der Waals surface area contributed by atoms with Crippen molar-refractivity contribution in [2.45, 2.75) is 13.8 Å². The molecule has 0 bridgehead atoms. The summed E-state index contributed by atoms with van der Waals surface area (Å²) in [5.41, 5.74) is 6.78. The van der Waals surface area contributed by atoms with Crippen LogP contribution in [0.25, 0.3) is 22.4 Å². The zero-order chi connectivity index (χ0) is 15.5. The first-order valence-electron chi connectivity index (χ1n) is 7.36. The van der Waals surface area contributed by atoms with Gasteiger partial charge in [0.05, 0.1) is 12.8 Å². The van der Waals surface area contributed by atoms with Crippen LogP contribution in [0, 0.1) is 13.8 Å². The van der Waals surface area contributed by atoms with Gasteiger partial charge in [-0.25, -0.2) is 0 Å². The zero-order valence-corrected chi connectivity index (χ0v) is 13.1. The largest absolute Gasteiger partial charge is 0.496 e. The Morgan fingerprint density at radius 2 is 1.50 bits per heavy atom. The number of pyridine rings is 1. The average Bonchev–Trinajstić information content (AvgIpc) is 2.55. The molecule has 2 heteroatoms. The molecule has 0 unspecified atom stereocenters. The van der Waals surface area contributed by atoms with Gasteiger partial charge in [0.25, 0.3) is 0 Å². The molecular formula is C20H19NO. The van der Waals surface area contributed by atoms with Gasteiger partial charge in [0.1, 0.15) is 5.75 Å². The summed E-state index contributed by atoms with van der Waals surface area (Å²) >= 11 is 0. The SMILES string of the molecule is COc1ccc(C)cc1-c1ccc(C)cc1-c1ccccn1. The lowest BCUT2D eigenvalue weighted by atomic mass is 9.94. The van der Waals surface area contributed by atoms with Crippen LogP contribution in [0.5, 0.6) is 5.75 Å². The molecule has 3 aromatic rings. The minimum absolute atomic E-state index is 0.881. The predicted octanol–water partition coefficient (Wildman–Crippen LogP) is 5.04. The smallest absolute Gasteiger partial charge is 0.126 e. The van der Waals surface area contributed by atoms with Gasteiger partial charge in [0.15, 0.2) is 0 Å². The van der Waals surface area contributed by atoms with Crippen molar-refractivity contribution in [1.29, 1.82) is 0 Å². The third kappa shape index (κ3) is 2.73. The van der Waals surface area contributed by atoms with E-state index in [9.17, 15) is 0 Å². The van der Waals surface area contributed by atoms with Crippen LogP contribution in [-0.2, 0) is 0 Å². The van der Waals surface area contributed by atoms with Crippen molar-refractivity contribution in [3.63, 3.8) is 0 Å². The summed E-state index contributed by atoms with van der Waals surface area (Å²) < 4.78 is 5.56. The van der Waals surface area contributed by atoms with Gasteiger partial charge in [-0.3, -0.25) is 4.98 Å². The summed E-state index contributed by atoms with van der Waals surface area (Å²) in [5.74, 6) is 0.881. The second kappa shape index (κ2) is 6.02. The lowest BCUT2D eigenvalue weighted by molar-refractivity contribution is 0.416. The molecule has 0 N–H and O–H groups in total. The fraction of sp³-hybridized carbons (Fsp3) is 0.150. The Labute approximate surface area is 131 Å². The Hall–Kier alpha value is -2.61. The molecule has 0 aliphatic carbocycles. The molecule has 0 saturated carbocycles. The third-order valence-electron chi connectivity index (χ3n) is 3.76. The highest BCUT2D eigenvalue weighted by atomic mass is 16.5. The van der Waals surface area contributed by atoms with Crippen LogP contribution >= 0.6 is 0 Å². The van der Waals surface area contributed by atoms with Crippen LogP contribution in [-0.4, -0.2) is 12.1 Å². The molecule has 2 nitrogen and oxygen atoms in total. The maximum Gasteiger partial charge on any atom is 0.126 e. The van der Waals surface area contributed by atoms with E-state index in [1.54, 1.807) is 7.11 Å². The standard InChI is InChI=1S/C20H19NO/c1-14-7-9-16(17(12-14)19-6-4-5-11-21-19)18-13-15(2)8-10-20(18)22-3/h4-13H,1-3H3. The number of benzene rings is 2. The van der Waals surface area contributed by atoms with E-state index in [2.05, 4.69) is 49.2 Å². The van der Waals surface area contributed by atoms with Crippen molar-refractivity contribution >= 4 is 0 Å². The predicted molar refractivity (Wildman–Crippen MR) is 91.1 cm³/mol. The molecule has 22 heavy (non-hydrogen) atoms. The van der Waals surface area contributed by atoms with E-state index in [-0.39, 0.29) is 0 Å². The summed E-state index contributed by atoms with van der Waals surface area (Å²) in [4.78, 5) is 4.51. The van der Waals surface area contributed by atoms with Crippen LogP contribution < -0.4 is 4.74 Å². The monoisotopic (exact) mass is 289 g/mol. The molecular weight excluding hydrogens is 270 g/mol. The average molecular weight is 289 g/mol. The normalized spacial score (nSPS) is 10.5. The Morgan fingerprint density at radius 1 is 0.773 bits per heavy atom. The lowest BCUT2D eigenvalue weighted by Gasteiger charge is -2.14. The molecule has 0 aliphatic rings. The van der Waals surface area contributed by atoms with Gasteiger partial charge in [0.2, 0.25) is 0 Å². The Balaban J connectivity index is 2.26. The summed E-state index contributed by atoms with van der Waals surface area (Å²) in [6.45, 7) is 4.20. The molecule has 2 aromatic carbocycles. The number of nitrogens with zero attached hydrogens (tertiary/aromatic N) is 1. The second-order valence-corrected chi connectivity index (χ2v) is 5.47. The van der Waals surface area contributed by atoms with Gasteiger partial charge in [-0.1, -0.05) is 35.4 Å². The molecule has 0 fully saturated rings. The number of hydrogen-bond donors (Lipinski definition) is 0. The molecule has 110 valence electrons. The zero-order valence-electron chi connectivity index (χ0n) is 13.1. The van der Waals surface area contributed by atoms with Crippen LogP contribution in [0.15, 0.2) is 60.8 Å². The van der Waals surface area contributed by atoms with E-state index >= 15 is 0 Å². The highest BCUT2D eigenvalue weighted by Crippen LogP contribution is 2.37. The second-order valence-electron chi connectivity index (χ2n) is 5.47. The van der Waals surface area contributed by atoms with Gasteiger partial charge >= 0.3 is 0 Å². The quantitative estimate of drug-likeness (QED) is 0.674. The van der Waals surface area contributed by atoms with Crippen LogP contribution in [0.1, 0.15) is 11.1 Å². The minimum atomic E-state index is 0.881. The van der Waals surface area contributed by atoms with E-state index in [0.29, 0.717) is 0 Å². The van der Waals surface area contributed by atoms with Gasteiger partial charge in [-0.15, -0.1) is 0 Å². The number of hydrogen-bond acceptors (Lipinski definition) is 2. The highest BCUT2D eigenvalue weighted by molar-refractivity contribution is 5.85. The molecule has 0 amide bonds.